The topological polar surface area (TPSA) is 74.5 Å². The first kappa shape index (κ1) is 17.2. The molecule has 1 aromatic heterocycles. The second-order valence-corrected chi connectivity index (χ2v) is 6.80. The van der Waals surface area contributed by atoms with E-state index in [2.05, 4.69) is 27.3 Å². The first-order valence-electron chi connectivity index (χ1n) is 9.30. The highest BCUT2D eigenvalue weighted by Crippen LogP contribution is 2.38. The minimum absolute atomic E-state index is 0.0445. The van der Waals surface area contributed by atoms with Crippen molar-refractivity contribution in [3.05, 3.63) is 11.7 Å². The predicted octanol–water partition coefficient (Wildman–Crippen LogP) is 2.35. The standard InChI is InChI=1S/C17H29N5O2/c1-3-21-10-6-5-7-14(21)11-18-17(23)22(4-2)12-15-19-16(24-20-15)13-8-9-13/h13-14H,3-12H2,1-2H3,(H,18,23). The molecule has 24 heavy (non-hydrogen) atoms. The molecule has 1 unspecified atom stereocenters. The fourth-order valence-electron chi connectivity index (χ4n) is 3.35. The Hall–Kier alpha value is -1.63. The summed E-state index contributed by atoms with van der Waals surface area (Å²) in [7, 11) is 0. The second-order valence-electron chi connectivity index (χ2n) is 6.80. The zero-order valence-corrected chi connectivity index (χ0v) is 14.8. The quantitative estimate of drug-likeness (QED) is 0.828. The van der Waals surface area contributed by atoms with E-state index in [1.165, 1.54) is 12.8 Å². The number of aromatic nitrogens is 2. The summed E-state index contributed by atoms with van der Waals surface area (Å²) in [4.78, 5) is 21.1. The van der Waals surface area contributed by atoms with Gasteiger partial charge in [0.15, 0.2) is 5.82 Å². The van der Waals surface area contributed by atoms with Gasteiger partial charge in [0.25, 0.3) is 0 Å². The highest BCUT2D eigenvalue weighted by molar-refractivity contribution is 5.74. The monoisotopic (exact) mass is 335 g/mol. The number of likely N-dealkylation sites (N-methyl/N-ethyl adjacent to an activating group) is 1. The maximum absolute atomic E-state index is 12.5. The van der Waals surface area contributed by atoms with Gasteiger partial charge in [0.1, 0.15) is 0 Å². The van der Waals surface area contributed by atoms with Gasteiger partial charge in [0.2, 0.25) is 5.89 Å². The van der Waals surface area contributed by atoms with Gasteiger partial charge < -0.3 is 14.7 Å². The number of nitrogens with one attached hydrogen (secondary N) is 1. The van der Waals surface area contributed by atoms with Gasteiger partial charge in [-0.05, 0) is 45.7 Å². The number of amides is 2. The smallest absolute Gasteiger partial charge is 0.317 e. The van der Waals surface area contributed by atoms with Gasteiger partial charge in [-0.1, -0.05) is 18.5 Å². The normalized spacial score (nSPS) is 21.7. The first-order valence-corrected chi connectivity index (χ1v) is 9.30. The van der Waals surface area contributed by atoms with Crippen molar-refractivity contribution >= 4 is 6.03 Å². The highest BCUT2D eigenvalue weighted by atomic mass is 16.5. The van der Waals surface area contributed by atoms with E-state index in [0.717, 1.165) is 38.2 Å². The molecule has 1 aliphatic heterocycles. The summed E-state index contributed by atoms with van der Waals surface area (Å²) in [6.45, 7) is 8.09. The van der Waals surface area contributed by atoms with Crippen LogP contribution in [0.4, 0.5) is 4.79 Å². The van der Waals surface area contributed by atoms with Crippen molar-refractivity contribution in [1.29, 1.82) is 0 Å². The summed E-state index contributed by atoms with van der Waals surface area (Å²) in [5, 5.41) is 7.10. The molecular weight excluding hydrogens is 306 g/mol. The molecule has 0 bridgehead atoms. The molecule has 7 heteroatoms. The van der Waals surface area contributed by atoms with Gasteiger partial charge in [0, 0.05) is 25.0 Å². The molecule has 2 amide bonds. The highest BCUT2D eigenvalue weighted by Gasteiger charge is 2.30. The van der Waals surface area contributed by atoms with Gasteiger partial charge >= 0.3 is 6.03 Å². The fraction of sp³-hybridized carbons (Fsp3) is 0.824. The third-order valence-corrected chi connectivity index (χ3v) is 5.06. The van der Waals surface area contributed by atoms with Crippen LogP contribution < -0.4 is 5.32 Å². The van der Waals surface area contributed by atoms with Crippen molar-refractivity contribution in [3.8, 4) is 0 Å². The molecule has 2 heterocycles. The Balaban J connectivity index is 1.49. The molecule has 1 aromatic rings. The van der Waals surface area contributed by atoms with E-state index < -0.39 is 0 Å². The predicted molar refractivity (Wildman–Crippen MR) is 90.6 cm³/mol. The van der Waals surface area contributed by atoms with E-state index in [1.807, 2.05) is 6.92 Å². The zero-order valence-electron chi connectivity index (χ0n) is 14.8. The van der Waals surface area contributed by atoms with Crippen LogP contribution in [0, 0.1) is 0 Å². The fourth-order valence-corrected chi connectivity index (χ4v) is 3.35. The van der Waals surface area contributed by atoms with Crippen molar-refractivity contribution in [2.75, 3.05) is 26.2 Å². The molecule has 0 spiro atoms. The SMILES string of the molecule is CCN(Cc1noc(C2CC2)n1)C(=O)NCC1CCCCN1CC. The number of nitrogens with zero attached hydrogens (tertiary/aromatic N) is 4. The number of urea groups is 1. The van der Waals surface area contributed by atoms with Crippen molar-refractivity contribution in [2.24, 2.45) is 0 Å². The number of hydrogen-bond donors (Lipinski definition) is 1. The van der Waals surface area contributed by atoms with Crippen molar-refractivity contribution in [2.45, 2.75) is 64.5 Å². The molecule has 2 fully saturated rings. The Morgan fingerprint density at radius 2 is 2.17 bits per heavy atom. The van der Waals surface area contributed by atoms with E-state index >= 15 is 0 Å². The number of hydrogen-bond acceptors (Lipinski definition) is 5. The van der Waals surface area contributed by atoms with E-state index in [9.17, 15) is 4.79 Å². The van der Waals surface area contributed by atoms with Gasteiger partial charge in [-0.2, -0.15) is 4.98 Å². The molecule has 1 N–H and O–H groups in total. The largest absolute Gasteiger partial charge is 0.339 e. The van der Waals surface area contributed by atoms with E-state index in [-0.39, 0.29) is 6.03 Å². The molecular formula is C17H29N5O2. The van der Waals surface area contributed by atoms with E-state index in [1.54, 1.807) is 4.90 Å². The first-order chi connectivity index (χ1) is 11.7. The summed E-state index contributed by atoms with van der Waals surface area (Å²) in [5.41, 5.74) is 0. The number of likely N-dealkylation sites (tertiary alicyclic amines) is 1. The molecule has 2 aliphatic rings. The Morgan fingerprint density at radius 3 is 2.88 bits per heavy atom. The Labute approximate surface area is 143 Å². The van der Waals surface area contributed by atoms with E-state index in [4.69, 9.17) is 4.52 Å². The number of piperidine rings is 1. The minimum atomic E-state index is -0.0445. The average molecular weight is 335 g/mol. The van der Waals surface area contributed by atoms with Gasteiger partial charge in [0.05, 0.1) is 6.54 Å². The number of carbonyl (C=O) groups is 1. The van der Waals surface area contributed by atoms with Crippen molar-refractivity contribution in [3.63, 3.8) is 0 Å². The van der Waals surface area contributed by atoms with Crippen LogP contribution in [-0.4, -0.2) is 58.2 Å². The third kappa shape index (κ3) is 4.26. The lowest BCUT2D eigenvalue weighted by Crippen LogP contribution is -2.49. The van der Waals surface area contributed by atoms with Crippen LogP contribution in [0.1, 0.15) is 63.6 Å². The lowest BCUT2D eigenvalue weighted by Gasteiger charge is -2.35. The van der Waals surface area contributed by atoms with Crippen LogP contribution in [0.2, 0.25) is 0 Å². The van der Waals surface area contributed by atoms with Crippen LogP contribution in [0.15, 0.2) is 4.52 Å². The Bertz CT molecular complexity index is 543. The van der Waals surface area contributed by atoms with Gasteiger partial charge in [-0.15, -0.1) is 0 Å². The van der Waals surface area contributed by atoms with Crippen LogP contribution in [0.25, 0.3) is 0 Å². The number of rotatable bonds is 7. The molecule has 1 aliphatic carbocycles. The Morgan fingerprint density at radius 1 is 1.33 bits per heavy atom. The van der Waals surface area contributed by atoms with Crippen molar-refractivity contribution in [1.82, 2.24) is 25.3 Å². The molecule has 1 saturated carbocycles. The molecule has 1 saturated heterocycles. The summed E-state index contributed by atoms with van der Waals surface area (Å²) < 4.78 is 5.27. The molecule has 7 nitrogen and oxygen atoms in total. The molecule has 3 rings (SSSR count). The maximum atomic E-state index is 12.5. The molecule has 0 aromatic carbocycles. The Kier molecular flexibility index (Phi) is 5.71. The summed E-state index contributed by atoms with van der Waals surface area (Å²) in [5.74, 6) is 1.77. The maximum Gasteiger partial charge on any atom is 0.317 e. The molecule has 1 atom stereocenters. The van der Waals surface area contributed by atoms with Gasteiger partial charge in [-0.25, -0.2) is 4.79 Å². The zero-order chi connectivity index (χ0) is 16.9. The van der Waals surface area contributed by atoms with E-state index in [0.29, 0.717) is 37.4 Å². The van der Waals surface area contributed by atoms with Crippen LogP contribution >= 0.6 is 0 Å². The third-order valence-electron chi connectivity index (χ3n) is 5.06. The summed E-state index contributed by atoms with van der Waals surface area (Å²) in [6.07, 6.45) is 5.95. The summed E-state index contributed by atoms with van der Waals surface area (Å²) >= 11 is 0. The second kappa shape index (κ2) is 7.96. The lowest BCUT2D eigenvalue weighted by molar-refractivity contribution is 0.147. The van der Waals surface area contributed by atoms with Crippen molar-refractivity contribution < 1.29 is 9.32 Å². The average Bonchev–Trinajstić information content (AvgIpc) is 3.36. The number of carbonyl (C=O) groups excluding carboxylic acids is 1. The van der Waals surface area contributed by atoms with Crippen LogP contribution in [0.5, 0.6) is 0 Å². The van der Waals surface area contributed by atoms with Crippen LogP contribution in [0.3, 0.4) is 0 Å². The lowest BCUT2D eigenvalue weighted by atomic mass is 10.0. The summed E-state index contributed by atoms with van der Waals surface area (Å²) in [6, 6.07) is 0.412. The van der Waals surface area contributed by atoms with Gasteiger partial charge in [-0.3, -0.25) is 4.90 Å². The minimum Gasteiger partial charge on any atom is -0.339 e. The molecule has 0 radical (unpaired) electrons. The molecule has 134 valence electrons. The van der Waals surface area contributed by atoms with Crippen LogP contribution in [-0.2, 0) is 6.54 Å².